The number of ether oxygens (including phenoxy) is 1. The van der Waals surface area contributed by atoms with E-state index in [1.54, 1.807) is 6.33 Å². The van der Waals surface area contributed by atoms with Crippen molar-refractivity contribution in [2.24, 2.45) is 0 Å². The van der Waals surface area contributed by atoms with Gasteiger partial charge in [0.05, 0.1) is 6.10 Å². The molecule has 0 aliphatic heterocycles. The van der Waals surface area contributed by atoms with Crippen molar-refractivity contribution in [2.75, 3.05) is 18.5 Å². The van der Waals surface area contributed by atoms with Crippen LogP contribution in [-0.4, -0.2) is 28.6 Å². The van der Waals surface area contributed by atoms with Gasteiger partial charge in [-0.1, -0.05) is 0 Å². The van der Waals surface area contributed by atoms with Crippen molar-refractivity contribution in [1.29, 1.82) is 0 Å². The molecule has 1 atom stereocenters. The third kappa shape index (κ3) is 3.15. The lowest BCUT2D eigenvalue weighted by atomic mass is 10.4. The largest absolute Gasteiger partial charge is 0.377 e. The SMILES string of the molecule is CCOC(C)CNc1ncns1. The average Bonchev–Trinajstić information content (AvgIpc) is 2.53. The molecule has 0 radical (unpaired) electrons. The maximum absolute atomic E-state index is 5.33. The van der Waals surface area contributed by atoms with Gasteiger partial charge in [0.15, 0.2) is 0 Å². The maximum Gasteiger partial charge on any atom is 0.202 e. The van der Waals surface area contributed by atoms with Gasteiger partial charge in [0.2, 0.25) is 5.13 Å². The van der Waals surface area contributed by atoms with Gasteiger partial charge >= 0.3 is 0 Å². The van der Waals surface area contributed by atoms with Gasteiger partial charge in [0, 0.05) is 24.7 Å². The molecular formula is C7H13N3OS. The van der Waals surface area contributed by atoms with E-state index in [9.17, 15) is 0 Å². The number of rotatable bonds is 5. The van der Waals surface area contributed by atoms with Crippen LogP contribution in [0.3, 0.4) is 0 Å². The van der Waals surface area contributed by atoms with Gasteiger partial charge in [-0.3, -0.25) is 0 Å². The van der Waals surface area contributed by atoms with E-state index in [4.69, 9.17) is 4.74 Å². The van der Waals surface area contributed by atoms with E-state index in [1.807, 2.05) is 13.8 Å². The van der Waals surface area contributed by atoms with Crippen molar-refractivity contribution < 1.29 is 4.74 Å². The van der Waals surface area contributed by atoms with E-state index in [1.165, 1.54) is 11.5 Å². The van der Waals surface area contributed by atoms with Crippen LogP contribution in [0.5, 0.6) is 0 Å². The monoisotopic (exact) mass is 187 g/mol. The number of hydrogen-bond acceptors (Lipinski definition) is 5. The zero-order chi connectivity index (χ0) is 8.81. The van der Waals surface area contributed by atoms with Crippen molar-refractivity contribution in [1.82, 2.24) is 9.36 Å². The van der Waals surface area contributed by atoms with Crippen LogP contribution < -0.4 is 5.32 Å². The molecule has 0 saturated carbocycles. The van der Waals surface area contributed by atoms with E-state index in [0.29, 0.717) is 0 Å². The Hall–Kier alpha value is -0.680. The summed E-state index contributed by atoms with van der Waals surface area (Å²) in [7, 11) is 0. The van der Waals surface area contributed by atoms with E-state index < -0.39 is 0 Å². The normalized spacial score (nSPS) is 12.8. The summed E-state index contributed by atoms with van der Waals surface area (Å²) >= 11 is 1.36. The lowest BCUT2D eigenvalue weighted by molar-refractivity contribution is 0.0855. The van der Waals surface area contributed by atoms with Crippen molar-refractivity contribution in [3.8, 4) is 0 Å². The number of hydrogen-bond donors (Lipinski definition) is 1. The minimum Gasteiger partial charge on any atom is -0.377 e. The quantitative estimate of drug-likeness (QED) is 0.756. The Labute approximate surface area is 76.1 Å². The molecular weight excluding hydrogens is 174 g/mol. The van der Waals surface area contributed by atoms with Crippen LogP contribution in [0.15, 0.2) is 6.33 Å². The van der Waals surface area contributed by atoms with E-state index in [0.717, 1.165) is 18.3 Å². The summed E-state index contributed by atoms with van der Waals surface area (Å²) < 4.78 is 9.21. The van der Waals surface area contributed by atoms with Gasteiger partial charge < -0.3 is 10.1 Å². The lowest BCUT2D eigenvalue weighted by Crippen LogP contribution is -2.19. The molecule has 4 nitrogen and oxygen atoms in total. The maximum atomic E-state index is 5.33. The minimum absolute atomic E-state index is 0.221. The molecule has 0 aromatic carbocycles. The number of aromatic nitrogens is 2. The second-order valence-corrected chi connectivity index (χ2v) is 3.17. The van der Waals surface area contributed by atoms with Crippen LogP contribution in [0.25, 0.3) is 0 Å². The first kappa shape index (κ1) is 9.41. The van der Waals surface area contributed by atoms with Crippen LogP contribution in [0.2, 0.25) is 0 Å². The molecule has 0 saturated heterocycles. The Morgan fingerprint density at radius 3 is 3.17 bits per heavy atom. The van der Waals surface area contributed by atoms with E-state index >= 15 is 0 Å². The van der Waals surface area contributed by atoms with Crippen molar-refractivity contribution in [3.63, 3.8) is 0 Å². The topological polar surface area (TPSA) is 47.0 Å². The van der Waals surface area contributed by atoms with Gasteiger partial charge in [-0.15, -0.1) is 0 Å². The molecule has 1 unspecified atom stereocenters. The minimum atomic E-state index is 0.221. The number of nitrogens with zero attached hydrogens (tertiary/aromatic N) is 2. The predicted octanol–water partition coefficient (Wildman–Crippen LogP) is 1.37. The molecule has 0 bridgehead atoms. The zero-order valence-corrected chi connectivity index (χ0v) is 8.10. The third-order valence-corrected chi connectivity index (χ3v) is 1.98. The fourth-order valence-corrected chi connectivity index (χ4v) is 1.26. The van der Waals surface area contributed by atoms with Crippen molar-refractivity contribution >= 4 is 16.7 Å². The molecule has 1 heterocycles. The lowest BCUT2D eigenvalue weighted by Gasteiger charge is -2.10. The van der Waals surface area contributed by atoms with Crippen LogP contribution in [0.4, 0.5) is 5.13 Å². The molecule has 0 amide bonds. The third-order valence-electron chi connectivity index (χ3n) is 1.35. The molecule has 0 aliphatic rings. The highest BCUT2D eigenvalue weighted by Crippen LogP contribution is 2.06. The summed E-state index contributed by atoms with van der Waals surface area (Å²) in [6.45, 7) is 5.54. The molecule has 12 heavy (non-hydrogen) atoms. The molecule has 1 aromatic heterocycles. The molecule has 1 N–H and O–H groups in total. The van der Waals surface area contributed by atoms with E-state index in [2.05, 4.69) is 14.7 Å². The van der Waals surface area contributed by atoms with Crippen molar-refractivity contribution in [2.45, 2.75) is 20.0 Å². The van der Waals surface area contributed by atoms with Gasteiger partial charge in [0.25, 0.3) is 0 Å². The highest BCUT2D eigenvalue weighted by molar-refractivity contribution is 7.09. The fraction of sp³-hybridized carbons (Fsp3) is 0.714. The van der Waals surface area contributed by atoms with Crippen molar-refractivity contribution in [3.05, 3.63) is 6.33 Å². The Balaban J connectivity index is 2.17. The molecule has 1 rings (SSSR count). The van der Waals surface area contributed by atoms with Crippen LogP contribution in [0.1, 0.15) is 13.8 Å². The summed E-state index contributed by atoms with van der Waals surface area (Å²) in [6.07, 6.45) is 1.76. The second kappa shape index (κ2) is 5.05. The molecule has 1 aromatic rings. The predicted molar refractivity (Wildman–Crippen MR) is 49.5 cm³/mol. The molecule has 5 heteroatoms. The Morgan fingerprint density at radius 2 is 2.58 bits per heavy atom. The van der Waals surface area contributed by atoms with Crippen LogP contribution >= 0.6 is 11.5 Å². The van der Waals surface area contributed by atoms with Gasteiger partial charge in [-0.25, -0.2) is 4.98 Å². The van der Waals surface area contributed by atoms with Crippen LogP contribution in [0, 0.1) is 0 Å². The molecule has 68 valence electrons. The second-order valence-electron chi connectivity index (χ2n) is 2.39. The molecule has 0 spiro atoms. The van der Waals surface area contributed by atoms with E-state index in [-0.39, 0.29) is 6.10 Å². The number of anilines is 1. The van der Waals surface area contributed by atoms with Gasteiger partial charge in [-0.2, -0.15) is 4.37 Å². The van der Waals surface area contributed by atoms with Gasteiger partial charge in [-0.05, 0) is 13.8 Å². The fourth-order valence-electron chi connectivity index (χ4n) is 0.825. The Kier molecular flexibility index (Phi) is 3.96. The molecule has 0 fully saturated rings. The Morgan fingerprint density at radius 1 is 1.75 bits per heavy atom. The summed E-state index contributed by atoms with van der Waals surface area (Å²) in [5.41, 5.74) is 0. The zero-order valence-electron chi connectivity index (χ0n) is 7.28. The van der Waals surface area contributed by atoms with Gasteiger partial charge in [0.1, 0.15) is 6.33 Å². The first-order valence-corrected chi connectivity index (χ1v) is 4.72. The molecule has 0 aliphatic carbocycles. The van der Waals surface area contributed by atoms with Crippen LogP contribution in [-0.2, 0) is 4.74 Å². The summed E-state index contributed by atoms with van der Waals surface area (Å²) in [6, 6.07) is 0. The first-order valence-electron chi connectivity index (χ1n) is 3.95. The first-order chi connectivity index (χ1) is 5.83. The standard InChI is InChI=1S/C7H13N3OS/c1-3-11-6(2)4-8-7-9-5-10-12-7/h5-6H,3-4H2,1-2H3,(H,8,9,10). The highest BCUT2D eigenvalue weighted by atomic mass is 32.1. The average molecular weight is 187 g/mol. The smallest absolute Gasteiger partial charge is 0.202 e. The summed E-state index contributed by atoms with van der Waals surface area (Å²) in [4.78, 5) is 3.99. The summed E-state index contributed by atoms with van der Waals surface area (Å²) in [5, 5.41) is 3.98. The Bertz CT molecular complexity index is 202. The summed E-state index contributed by atoms with van der Waals surface area (Å²) in [5.74, 6) is 0. The number of nitrogens with one attached hydrogen (secondary N) is 1. The highest BCUT2D eigenvalue weighted by Gasteiger charge is 2.01.